The van der Waals surface area contributed by atoms with Crippen LogP contribution in [0.3, 0.4) is 0 Å². The van der Waals surface area contributed by atoms with Crippen molar-refractivity contribution in [3.05, 3.63) is 58.0 Å². The molecular weight excluding hydrogens is 459 g/mol. The highest BCUT2D eigenvalue weighted by atomic mass is 79.9. The standard InChI is InChI=1S/C16H12BrFN4O3S2/c1-9-4-12(2-3-13(9)10-5-11(18)7-19-6-10)27(24,25)22-15(23)21-16-20-8-14(17)26-16/h2-8H,1H3,(H2,20,21,22,23). The molecule has 0 aliphatic heterocycles. The first kappa shape index (κ1) is 19.4. The normalized spacial score (nSPS) is 11.2. The van der Waals surface area contributed by atoms with Gasteiger partial charge in [-0.2, -0.15) is 0 Å². The predicted octanol–water partition coefficient (Wildman–Crippen LogP) is 3.93. The maximum absolute atomic E-state index is 13.4. The molecule has 11 heteroatoms. The lowest BCUT2D eigenvalue weighted by molar-refractivity contribution is 0.256. The van der Waals surface area contributed by atoms with Crippen LogP contribution in [-0.2, 0) is 10.0 Å². The Morgan fingerprint density at radius 2 is 2.00 bits per heavy atom. The van der Waals surface area contributed by atoms with Crippen molar-refractivity contribution in [3.63, 3.8) is 0 Å². The van der Waals surface area contributed by atoms with E-state index in [9.17, 15) is 17.6 Å². The highest BCUT2D eigenvalue weighted by Gasteiger charge is 2.19. The number of halogens is 2. The number of anilines is 1. The fourth-order valence-corrected chi connectivity index (χ4v) is 4.40. The molecule has 1 aromatic carbocycles. The number of rotatable bonds is 4. The maximum Gasteiger partial charge on any atom is 0.334 e. The molecule has 7 nitrogen and oxygen atoms in total. The fraction of sp³-hybridized carbons (Fsp3) is 0.0625. The second kappa shape index (κ2) is 7.71. The summed E-state index contributed by atoms with van der Waals surface area (Å²) in [7, 11) is -4.09. The molecule has 0 saturated heterocycles. The summed E-state index contributed by atoms with van der Waals surface area (Å²) in [5.41, 5.74) is 1.75. The molecule has 27 heavy (non-hydrogen) atoms. The summed E-state index contributed by atoms with van der Waals surface area (Å²) in [5.74, 6) is -0.490. The molecule has 3 rings (SSSR count). The van der Waals surface area contributed by atoms with Gasteiger partial charge >= 0.3 is 6.03 Å². The van der Waals surface area contributed by atoms with Crippen molar-refractivity contribution < 1.29 is 17.6 Å². The zero-order chi connectivity index (χ0) is 19.6. The summed E-state index contributed by atoms with van der Waals surface area (Å²) in [6.45, 7) is 1.69. The molecule has 0 bridgehead atoms. The molecule has 0 spiro atoms. The van der Waals surface area contributed by atoms with Crippen molar-refractivity contribution in [2.24, 2.45) is 0 Å². The SMILES string of the molecule is Cc1cc(S(=O)(=O)NC(=O)Nc2ncc(Br)s2)ccc1-c1cncc(F)c1. The molecule has 0 radical (unpaired) electrons. The lowest BCUT2D eigenvalue weighted by Crippen LogP contribution is -2.34. The Balaban J connectivity index is 1.80. The smallest absolute Gasteiger partial charge is 0.283 e. The lowest BCUT2D eigenvalue weighted by Gasteiger charge is -2.10. The molecule has 0 atom stereocenters. The molecule has 0 fully saturated rings. The van der Waals surface area contributed by atoms with Gasteiger partial charge in [0.2, 0.25) is 0 Å². The molecule has 2 heterocycles. The van der Waals surface area contributed by atoms with Gasteiger partial charge in [-0.1, -0.05) is 17.4 Å². The van der Waals surface area contributed by atoms with Gasteiger partial charge in [-0.25, -0.2) is 27.3 Å². The van der Waals surface area contributed by atoms with Gasteiger partial charge in [0, 0.05) is 11.8 Å². The third-order valence-corrected chi connectivity index (χ3v) is 6.17. The van der Waals surface area contributed by atoms with Gasteiger partial charge < -0.3 is 0 Å². The van der Waals surface area contributed by atoms with Crippen LogP contribution in [0.1, 0.15) is 5.56 Å². The number of sulfonamides is 1. The van der Waals surface area contributed by atoms with E-state index in [4.69, 9.17) is 0 Å². The number of nitrogens with zero attached hydrogens (tertiary/aromatic N) is 2. The topological polar surface area (TPSA) is 101 Å². The molecule has 0 aliphatic rings. The number of aromatic nitrogens is 2. The summed E-state index contributed by atoms with van der Waals surface area (Å²) < 4.78 is 40.8. The van der Waals surface area contributed by atoms with E-state index in [1.807, 2.05) is 4.72 Å². The van der Waals surface area contributed by atoms with Gasteiger partial charge in [-0.05, 0) is 52.2 Å². The minimum Gasteiger partial charge on any atom is -0.283 e. The fourth-order valence-electron chi connectivity index (χ4n) is 2.30. The average Bonchev–Trinajstić information content (AvgIpc) is 2.98. The second-order valence-electron chi connectivity index (χ2n) is 5.40. The first-order chi connectivity index (χ1) is 12.7. The number of pyridine rings is 1. The molecule has 2 amide bonds. The van der Waals surface area contributed by atoms with E-state index in [2.05, 4.69) is 31.2 Å². The summed E-state index contributed by atoms with van der Waals surface area (Å²) in [4.78, 5) is 19.5. The number of nitrogens with one attached hydrogen (secondary N) is 2. The number of urea groups is 1. The molecule has 0 aliphatic carbocycles. The molecule has 0 saturated carbocycles. The van der Waals surface area contributed by atoms with E-state index in [1.54, 1.807) is 6.92 Å². The number of hydrogen-bond acceptors (Lipinski definition) is 6. The van der Waals surface area contributed by atoms with Gasteiger partial charge in [-0.15, -0.1) is 0 Å². The molecule has 2 N–H and O–H groups in total. The Hall–Kier alpha value is -2.37. The number of thiazole rings is 1. The molecule has 3 aromatic rings. The highest BCUT2D eigenvalue weighted by molar-refractivity contribution is 9.11. The summed E-state index contributed by atoms with van der Waals surface area (Å²) in [5, 5.41) is 2.59. The van der Waals surface area contributed by atoms with Crippen molar-refractivity contribution in [1.82, 2.24) is 14.7 Å². The van der Waals surface area contributed by atoms with E-state index in [0.29, 0.717) is 20.5 Å². The van der Waals surface area contributed by atoms with Crippen LogP contribution < -0.4 is 10.0 Å². The summed E-state index contributed by atoms with van der Waals surface area (Å²) in [6.07, 6.45) is 4.05. The van der Waals surface area contributed by atoms with E-state index in [0.717, 1.165) is 17.5 Å². The Bertz CT molecular complexity index is 1120. The maximum atomic E-state index is 13.4. The van der Waals surface area contributed by atoms with Crippen molar-refractivity contribution in [2.45, 2.75) is 11.8 Å². The summed E-state index contributed by atoms with van der Waals surface area (Å²) in [6, 6.07) is 4.66. The minimum absolute atomic E-state index is 0.0939. The Morgan fingerprint density at radius 3 is 2.63 bits per heavy atom. The highest BCUT2D eigenvalue weighted by Crippen LogP contribution is 2.26. The number of amides is 2. The van der Waals surface area contributed by atoms with Gasteiger partial charge in [0.1, 0.15) is 5.82 Å². The van der Waals surface area contributed by atoms with Crippen LogP contribution in [0, 0.1) is 12.7 Å². The second-order valence-corrected chi connectivity index (χ2v) is 9.49. The van der Waals surface area contributed by atoms with Crippen molar-refractivity contribution in [3.8, 4) is 11.1 Å². The first-order valence-electron chi connectivity index (χ1n) is 7.41. The van der Waals surface area contributed by atoms with Gasteiger partial charge in [0.15, 0.2) is 5.13 Å². The Kier molecular flexibility index (Phi) is 5.53. The monoisotopic (exact) mass is 470 g/mol. The number of carbonyl (C=O) groups excluding carboxylic acids is 1. The number of benzene rings is 1. The van der Waals surface area contributed by atoms with Crippen molar-refractivity contribution in [1.29, 1.82) is 0 Å². The average molecular weight is 471 g/mol. The van der Waals surface area contributed by atoms with Gasteiger partial charge in [-0.3, -0.25) is 10.3 Å². The lowest BCUT2D eigenvalue weighted by atomic mass is 10.0. The number of hydrogen-bond donors (Lipinski definition) is 2. The zero-order valence-corrected chi connectivity index (χ0v) is 17.0. The van der Waals surface area contributed by atoms with Crippen LogP contribution in [0.2, 0.25) is 0 Å². The van der Waals surface area contributed by atoms with Crippen LogP contribution in [0.15, 0.2) is 51.5 Å². The van der Waals surface area contributed by atoms with E-state index >= 15 is 0 Å². The zero-order valence-electron chi connectivity index (χ0n) is 13.7. The van der Waals surface area contributed by atoms with Gasteiger partial charge in [0.05, 0.1) is 21.1 Å². The van der Waals surface area contributed by atoms with Crippen molar-refractivity contribution in [2.75, 3.05) is 5.32 Å². The van der Waals surface area contributed by atoms with Crippen LogP contribution in [0.25, 0.3) is 11.1 Å². The van der Waals surface area contributed by atoms with E-state index < -0.39 is 21.9 Å². The van der Waals surface area contributed by atoms with Crippen LogP contribution >= 0.6 is 27.3 Å². The molecule has 0 unspecified atom stereocenters. The minimum atomic E-state index is -4.09. The molecular formula is C16H12BrFN4O3S2. The quantitative estimate of drug-likeness (QED) is 0.601. The first-order valence-corrected chi connectivity index (χ1v) is 10.5. The van der Waals surface area contributed by atoms with Gasteiger partial charge in [0.25, 0.3) is 10.0 Å². The largest absolute Gasteiger partial charge is 0.334 e. The van der Waals surface area contributed by atoms with E-state index in [-0.39, 0.29) is 10.0 Å². The summed E-state index contributed by atoms with van der Waals surface area (Å²) >= 11 is 4.34. The molecule has 2 aromatic heterocycles. The van der Waals surface area contributed by atoms with Crippen LogP contribution in [-0.4, -0.2) is 24.4 Å². The Morgan fingerprint density at radius 1 is 1.22 bits per heavy atom. The predicted molar refractivity (Wildman–Crippen MR) is 104 cm³/mol. The number of aryl methyl sites for hydroxylation is 1. The van der Waals surface area contributed by atoms with E-state index in [1.165, 1.54) is 36.7 Å². The van der Waals surface area contributed by atoms with Crippen LogP contribution in [0.5, 0.6) is 0 Å². The van der Waals surface area contributed by atoms with Crippen molar-refractivity contribution >= 4 is 48.5 Å². The Labute approximate surface area is 166 Å². The number of carbonyl (C=O) groups is 1. The third-order valence-electron chi connectivity index (χ3n) is 3.45. The molecule has 140 valence electrons. The third kappa shape index (κ3) is 4.67. The van der Waals surface area contributed by atoms with Crippen LogP contribution in [0.4, 0.5) is 14.3 Å².